The van der Waals surface area contributed by atoms with Gasteiger partial charge in [-0.25, -0.2) is 0 Å². The van der Waals surface area contributed by atoms with Gasteiger partial charge in [-0.05, 0) is 6.42 Å². The van der Waals surface area contributed by atoms with Crippen molar-refractivity contribution in [2.24, 2.45) is 14.1 Å². The summed E-state index contributed by atoms with van der Waals surface area (Å²) in [7, 11) is 3.45. The van der Waals surface area contributed by atoms with E-state index in [0.29, 0.717) is 17.5 Å². The second-order valence-electron chi connectivity index (χ2n) is 4.15. The van der Waals surface area contributed by atoms with Gasteiger partial charge in [-0.1, -0.05) is 6.92 Å². The third-order valence-corrected chi connectivity index (χ3v) is 2.67. The molecule has 7 heteroatoms. The molecule has 19 heavy (non-hydrogen) atoms. The van der Waals surface area contributed by atoms with Crippen LogP contribution in [0.2, 0.25) is 0 Å². The molecular formula is C12H14N6O. The smallest absolute Gasteiger partial charge is 0.260 e. The number of hydrogen-bond acceptors (Lipinski definition) is 4. The van der Waals surface area contributed by atoms with E-state index in [1.165, 1.54) is 4.68 Å². The molecule has 0 atom stereocenters. The summed E-state index contributed by atoms with van der Waals surface area (Å²) in [5.41, 5.74) is 1.55. The largest absolute Gasteiger partial charge is 0.304 e. The van der Waals surface area contributed by atoms with Crippen LogP contribution in [0, 0.1) is 11.3 Å². The molecule has 0 aromatic carbocycles. The van der Waals surface area contributed by atoms with Gasteiger partial charge >= 0.3 is 0 Å². The number of anilines is 1. The van der Waals surface area contributed by atoms with Gasteiger partial charge in [0.1, 0.15) is 11.6 Å². The standard InChI is InChI=1S/C12H14N6O/c1-4-10-9(7-18(3)15-10)12(19)14-11-8(5-13)6-17(2)16-11/h6-7H,4H2,1-3H3,(H,14,16,19). The lowest BCUT2D eigenvalue weighted by Crippen LogP contribution is -2.14. The van der Waals surface area contributed by atoms with Crippen LogP contribution in [0.25, 0.3) is 0 Å². The molecule has 2 heterocycles. The van der Waals surface area contributed by atoms with Gasteiger partial charge in [-0.3, -0.25) is 14.2 Å². The van der Waals surface area contributed by atoms with Crippen molar-refractivity contribution in [3.05, 3.63) is 29.2 Å². The maximum atomic E-state index is 12.2. The fourth-order valence-electron chi connectivity index (χ4n) is 1.82. The minimum atomic E-state index is -0.305. The molecule has 0 spiro atoms. The first-order chi connectivity index (χ1) is 9.05. The fraction of sp³-hybridized carbons (Fsp3) is 0.333. The highest BCUT2D eigenvalue weighted by Gasteiger charge is 2.17. The molecule has 0 bridgehead atoms. The van der Waals surface area contributed by atoms with Crippen LogP contribution in [-0.4, -0.2) is 25.5 Å². The number of carbonyl (C=O) groups is 1. The van der Waals surface area contributed by atoms with Crippen molar-refractivity contribution in [2.45, 2.75) is 13.3 Å². The zero-order chi connectivity index (χ0) is 14.0. The van der Waals surface area contributed by atoms with Gasteiger partial charge in [-0.2, -0.15) is 15.5 Å². The van der Waals surface area contributed by atoms with Gasteiger partial charge in [0.25, 0.3) is 5.91 Å². The topological polar surface area (TPSA) is 88.5 Å². The second-order valence-corrected chi connectivity index (χ2v) is 4.15. The van der Waals surface area contributed by atoms with Crippen molar-refractivity contribution >= 4 is 11.7 Å². The molecule has 0 aliphatic heterocycles. The highest BCUT2D eigenvalue weighted by atomic mass is 16.1. The molecule has 0 saturated carbocycles. The number of hydrogen-bond donors (Lipinski definition) is 1. The van der Waals surface area contributed by atoms with Gasteiger partial charge in [0, 0.05) is 26.5 Å². The lowest BCUT2D eigenvalue weighted by Gasteiger charge is -2.01. The van der Waals surface area contributed by atoms with Crippen molar-refractivity contribution < 1.29 is 4.79 Å². The van der Waals surface area contributed by atoms with E-state index in [1.54, 1.807) is 31.2 Å². The summed E-state index contributed by atoms with van der Waals surface area (Å²) in [5.74, 6) is -0.0407. The Bertz CT molecular complexity index is 660. The van der Waals surface area contributed by atoms with Crippen LogP contribution in [0.15, 0.2) is 12.4 Å². The summed E-state index contributed by atoms with van der Waals surface area (Å²) >= 11 is 0. The van der Waals surface area contributed by atoms with Crippen LogP contribution in [0.4, 0.5) is 5.82 Å². The van der Waals surface area contributed by atoms with E-state index < -0.39 is 0 Å². The molecule has 0 saturated heterocycles. The van der Waals surface area contributed by atoms with Crippen LogP contribution >= 0.6 is 0 Å². The molecule has 1 N–H and O–H groups in total. The zero-order valence-electron chi connectivity index (χ0n) is 11.0. The van der Waals surface area contributed by atoms with Gasteiger partial charge in [-0.15, -0.1) is 0 Å². The van der Waals surface area contributed by atoms with Gasteiger partial charge in [0.05, 0.1) is 11.3 Å². The molecule has 0 unspecified atom stereocenters. The molecule has 0 fully saturated rings. The fourth-order valence-corrected chi connectivity index (χ4v) is 1.82. The van der Waals surface area contributed by atoms with Crippen molar-refractivity contribution in [1.29, 1.82) is 5.26 Å². The van der Waals surface area contributed by atoms with Crippen molar-refractivity contribution in [3.63, 3.8) is 0 Å². The average Bonchev–Trinajstić information content (AvgIpc) is 2.92. The van der Waals surface area contributed by atoms with E-state index in [9.17, 15) is 4.79 Å². The first kappa shape index (κ1) is 12.8. The lowest BCUT2D eigenvalue weighted by molar-refractivity contribution is 0.102. The zero-order valence-corrected chi connectivity index (χ0v) is 11.0. The number of amides is 1. The predicted octanol–water partition coefficient (Wildman–Crippen LogP) is 0.840. The number of nitriles is 1. The highest BCUT2D eigenvalue weighted by Crippen LogP contribution is 2.14. The number of nitrogens with zero attached hydrogens (tertiary/aromatic N) is 5. The SMILES string of the molecule is CCc1nn(C)cc1C(=O)Nc1nn(C)cc1C#N. The van der Waals surface area contributed by atoms with E-state index in [4.69, 9.17) is 5.26 Å². The predicted molar refractivity (Wildman–Crippen MR) is 68.5 cm³/mol. The first-order valence-corrected chi connectivity index (χ1v) is 5.82. The summed E-state index contributed by atoms with van der Waals surface area (Å²) in [6, 6.07) is 1.99. The summed E-state index contributed by atoms with van der Waals surface area (Å²) < 4.78 is 3.08. The Morgan fingerprint density at radius 1 is 1.37 bits per heavy atom. The van der Waals surface area contributed by atoms with E-state index >= 15 is 0 Å². The van der Waals surface area contributed by atoms with E-state index in [0.717, 1.165) is 5.69 Å². The molecule has 2 aromatic heterocycles. The Hall–Kier alpha value is -2.62. The minimum Gasteiger partial charge on any atom is -0.304 e. The van der Waals surface area contributed by atoms with Gasteiger partial charge in [0.15, 0.2) is 5.82 Å². The first-order valence-electron chi connectivity index (χ1n) is 5.82. The number of rotatable bonds is 3. The van der Waals surface area contributed by atoms with Crippen molar-refractivity contribution in [1.82, 2.24) is 19.6 Å². The number of aryl methyl sites for hydroxylation is 3. The molecule has 0 aliphatic rings. The summed E-state index contributed by atoms with van der Waals surface area (Å²) in [6.07, 6.45) is 3.87. The normalized spacial score (nSPS) is 10.2. The maximum Gasteiger partial charge on any atom is 0.260 e. The van der Waals surface area contributed by atoms with E-state index in [-0.39, 0.29) is 11.7 Å². The molecule has 1 amide bonds. The molecular weight excluding hydrogens is 244 g/mol. The second kappa shape index (κ2) is 4.94. The van der Waals surface area contributed by atoms with E-state index in [2.05, 4.69) is 15.5 Å². The van der Waals surface area contributed by atoms with Crippen molar-refractivity contribution in [2.75, 3.05) is 5.32 Å². The number of nitrogens with one attached hydrogen (secondary N) is 1. The third-order valence-electron chi connectivity index (χ3n) is 2.67. The van der Waals surface area contributed by atoms with Gasteiger partial charge in [0.2, 0.25) is 0 Å². The third kappa shape index (κ3) is 2.47. The van der Waals surface area contributed by atoms with E-state index in [1.807, 2.05) is 13.0 Å². The highest BCUT2D eigenvalue weighted by molar-refractivity contribution is 6.04. The molecule has 2 aromatic rings. The lowest BCUT2D eigenvalue weighted by atomic mass is 10.2. The summed E-state index contributed by atoms with van der Waals surface area (Å²) in [4.78, 5) is 12.2. The van der Waals surface area contributed by atoms with Crippen LogP contribution in [0.5, 0.6) is 0 Å². The minimum absolute atomic E-state index is 0.265. The van der Waals surface area contributed by atoms with Gasteiger partial charge < -0.3 is 5.32 Å². The quantitative estimate of drug-likeness (QED) is 0.883. The Morgan fingerprint density at radius 3 is 2.68 bits per heavy atom. The Morgan fingerprint density at radius 2 is 2.05 bits per heavy atom. The Balaban J connectivity index is 2.28. The van der Waals surface area contributed by atoms with Crippen LogP contribution in [0.1, 0.15) is 28.5 Å². The molecule has 0 aliphatic carbocycles. The van der Waals surface area contributed by atoms with Crippen LogP contribution in [0.3, 0.4) is 0 Å². The number of carbonyl (C=O) groups excluding carboxylic acids is 1. The Labute approximate surface area is 110 Å². The molecule has 2 rings (SSSR count). The maximum absolute atomic E-state index is 12.2. The van der Waals surface area contributed by atoms with Crippen molar-refractivity contribution in [3.8, 4) is 6.07 Å². The van der Waals surface area contributed by atoms with Crippen LogP contribution in [-0.2, 0) is 20.5 Å². The molecule has 0 radical (unpaired) electrons. The summed E-state index contributed by atoms with van der Waals surface area (Å²) in [6.45, 7) is 1.93. The monoisotopic (exact) mass is 258 g/mol. The van der Waals surface area contributed by atoms with Crippen LogP contribution < -0.4 is 5.32 Å². The molecule has 7 nitrogen and oxygen atoms in total. The molecule has 98 valence electrons. The number of aromatic nitrogens is 4. The summed E-state index contributed by atoms with van der Waals surface area (Å²) in [5, 5.41) is 19.8. The Kier molecular flexibility index (Phi) is 3.33. The average molecular weight is 258 g/mol.